The number of nitrogens with zero attached hydrogens (tertiary/aromatic N) is 2. The van der Waals surface area contributed by atoms with Gasteiger partial charge in [-0.1, -0.05) is 6.07 Å². The molecular weight excluding hydrogens is 396 g/mol. The Hall–Kier alpha value is -3.92. The zero-order valence-electron chi connectivity index (χ0n) is 14.9. The van der Waals surface area contributed by atoms with Crippen LogP contribution in [0.5, 0.6) is 11.5 Å². The predicted octanol–water partition coefficient (Wildman–Crippen LogP) is 2.34. The Bertz CT molecular complexity index is 1150. The Kier molecular flexibility index (Phi) is 5.74. The molecule has 0 spiro atoms. The van der Waals surface area contributed by atoms with Crippen molar-refractivity contribution in [2.45, 2.75) is 4.90 Å². The first kappa shape index (κ1) is 19.8. The molecule has 3 aromatic rings. The Morgan fingerprint density at radius 1 is 0.966 bits per heavy atom. The second-order valence-electron chi connectivity index (χ2n) is 5.77. The highest BCUT2D eigenvalue weighted by Gasteiger charge is 2.15. The Labute approximate surface area is 166 Å². The van der Waals surface area contributed by atoms with Crippen LogP contribution < -0.4 is 10.0 Å². The van der Waals surface area contributed by atoms with Crippen molar-refractivity contribution in [2.24, 2.45) is 0 Å². The quantitative estimate of drug-likeness (QED) is 0.360. The fourth-order valence-electron chi connectivity index (χ4n) is 2.25. The van der Waals surface area contributed by atoms with E-state index in [1.54, 1.807) is 6.07 Å². The molecule has 1 aromatic heterocycles. The Morgan fingerprint density at radius 2 is 1.66 bits per heavy atom. The third kappa shape index (κ3) is 5.30. The zero-order chi connectivity index (χ0) is 20.9. The molecule has 1 heterocycles. The average molecular weight is 412 g/mol. The molecule has 9 nitrogen and oxygen atoms in total. The van der Waals surface area contributed by atoms with E-state index in [0.717, 1.165) is 0 Å². The molecule has 0 aliphatic heterocycles. The zero-order valence-corrected chi connectivity index (χ0v) is 15.7. The number of hydrogen-bond donors (Lipinski definition) is 4. The number of nitrogens with one attached hydrogen (secondary N) is 2. The van der Waals surface area contributed by atoms with Gasteiger partial charge in [0.05, 0.1) is 4.90 Å². The van der Waals surface area contributed by atoms with Gasteiger partial charge in [-0.15, -0.1) is 0 Å². The van der Waals surface area contributed by atoms with Crippen LogP contribution in [0.25, 0.3) is 6.08 Å². The van der Waals surface area contributed by atoms with Gasteiger partial charge in [0, 0.05) is 24.2 Å². The van der Waals surface area contributed by atoms with Crippen molar-refractivity contribution >= 4 is 33.6 Å². The van der Waals surface area contributed by atoms with Gasteiger partial charge >= 0.3 is 0 Å². The minimum atomic E-state index is -3.86. The van der Waals surface area contributed by atoms with E-state index in [0.29, 0.717) is 11.3 Å². The number of hydrogen-bond acceptors (Lipinski definition) is 7. The predicted molar refractivity (Wildman–Crippen MR) is 107 cm³/mol. The fraction of sp³-hybridized carbons (Fsp3) is 0. The van der Waals surface area contributed by atoms with E-state index in [-0.39, 0.29) is 22.3 Å². The molecule has 0 atom stereocenters. The van der Waals surface area contributed by atoms with E-state index in [1.165, 1.54) is 67.0 Å². The van der Waals surface area contributed by atoms with E-state index in [9.17, 15) is 23.4 Å². The molecule has 0 saturated carbocycles. The van der Waals surface area contributed by atoms with Crippen LogP contribution in [0.15, 0.2) is 71.9 Å². The lowest BCUT2D eigenvalue weighted by atomic mass is 10.2. The first-order valence-corrected chi connectivity index (χ1v) is 9.73. The molecule has 1 amide bonds. The molecule has 2 aromatic carbocycles. The number of sulfonamides is 1. The highest BCUT2D eigenvalue weighted by atomic mass is 32.2. The number of amides is 1. The molecule has 0 unspecified atom stereocenters. The third-order valence-electron chi connectivity index (χ3n) is 3.65. The standard InChI is InChI=1S/C19H16N4O5S/c24-16-8-2-13(12-17(16)25)3-9-18(26)22-14-4-6-15(7-5-14)29(27,28)23-19-20-10-1-11-21-19/h1-12,24-25H,(H,22,26)(H,20,21,23)/b9-3+. The lowest BCUT2D eigenvalue weighted by Gasteiger charge is -2.07. The highest BCUT2D eigenvalue weighted by molar-refractivity contribution is 7.92. The number of rotatable bonds is 6. The summed E-state index contributed by atoms with van der Waals surface area (Å²) in [5.41, 5.74) is 0.911. The van der Waals surface area contributed by atoms with Gasteiger partial charge in [-0.25, -0.2) is 23.1 Å². The molecule has 0 saturated heterocycles. The van der Waals surface area contributed by atoms with Crippen LogP contribution in [0.2, 0.25) is 0 Å². The number of phenolic OH excluding ortho intramolecular Hbond substituents is 2. The van der Waals surface area contributed by atoms with E-state index in [2.05, 4.69) is 20.0 Å². The number of benzene rings is 2. The van der Waals surface area contributed by atoms with Crippen LogP contribution in [0.1, 0.15) is 5.56 Å². The molecule has 0 bridgehead atoms. The number of aromatic hydroxyl groups is 2. The summed E-state index contributed by atoms with van der Waals surface area (Å²) in [5.74, 6) is -1.05. The van der Waals surface area contributed by atoms with Gasteiger partial charge in [0.15, 0.2) is 11.5 Å². The van der Waals surface area contributed by atoms with Gasteiger partial charge in [-0.3, -0.25) is 4.79 Å². The second kappa shape index (κ2) is 8.40. The van der Waals surface area contributed by atoms with Crippen LogP contribution in [0.4, 0.5) is 11.6 Å². The summed E-state index contributed by atoms with van der Waals surface area (Å²) in [6.07, 6.45) is 5.52. The minimum absolute atomic E-state index is 0.0157. The SMILES string of the molecule is O=C(/C=C/c1ccc(O)c(O)c1)Nc1ccc(S(=O)(=O)Nc2ncccn2)cc1. The fourth-order valence-corrected chi connectivity index (χ4v) is 3.21. The first-order chi connectivity index (χ1) is 13.8. The van der Waals surface area contributed by atoms with Crippen molar-refractivity contribution in [3.8, 4) is 11.5 Å². The van der Waals surface area contributed by atoms with Crippen molar-refractivity contribution in [3.63, 3.8) is 0 Å². The normalized spacial score (nSPS) is 11.3. The summed E-state index contributed by atoms with van der Waals surface area (Å²) in [7, 11) is -3.86. The van der Waals surface area contributed by atoms with Gasteiger partial charge in [-0.2, -0.15) is 0 Å². The van der Waals surface area contributed by atoms with Crippen molar-refractivity contribution in [2.75, 3.05) is 10.0 Å². The van der Waals surface area contributed by atoms with E-state index in [1.807, 2.05) is 0 Å². The maximum atomic E-state index is 12.3. The summed E-state index contributed by atoms with van der Waals surface area (Å²) < 4.78 is 26.9. The van der Waals surface area contributed by atoms with Crippen LogP contribution >= 0.6 is 0 Å². The lowest BCUT2D eigenvalue weighted by molar-refractivity contribution is -0.111. The van der Waals surface area contributed by atoms with Crippen molar-refractivity contribution < 1.29 is 23.4 Å². The first-order valence-electron chi connectivity index (χ1n) is 8.24. The van der Waals surface area contributed by atoms with Gasteiger partial charge in [0.1, 0.15) is 0 Å². The number of anilines is 2. The van der Waals surface area contributed by atoms with E-state index in [4.69, 9.17) is 0 Å². The smallest absolute Gasteiger partial charge is 0.264 e. The van der Waals surface area contributed by atoms with Gasteiger partial charge in [0.25, 0.3) is 10.0 Å². The number of carbonyl (C=O) groups excluding carboxylic acids is 1. The van der Waals surface area contributed by atoms with Gasteiger partial charge < -0.3 is 15.5 Å². The molecular formula is C19H16N4O5S. The van der Waals surface area contributed by atoms with Gasteiger partial charge in [0.2, 0.25) is 11.9 Å². The van der Waals surface area contributed by atoms with Crippen LogP contribution in [0, 0.1) is 0 Å². The molecule has 0 aliphatic carbocycles. The van der Waals surface area contributed by atoms with Crippen LogP contribution in [0.3, 0.4) is 0 Å². The molecule has 4 N–H and O–H groups in total. The van der Waals surface area contributed by atoms with Crippen molar-refractivity contribution in [1.82, 2.24) is 9.97 Å². The maximum Gasteiger partial charge on any atom is 0.264 e. The van der Waals surface area contributed by atoms with Crippen molar-refractivity contribution in [3.05, 3.63) is 72.6 Å². The maximum absolute atomic E-state index is 12.3. The van der Waals surface area contributed by atoms with E-state index >= 15 is 0 Å². The molecule has 0 aliphatic rings. The summed E-state index contributed by atoms with van der Waals surface area (Å²) >= 11 is 0. The summed E-state index contributed by atoms with van der Waals surface area (Å²) in [6, 6.07) is 11.3. The Morgan fingerprint density at radius 3 is 2.31 bits per heavy atom. The molecule has 3 rings (SSSR count). The average Bonchev–Trinajstić information content (AvgIpc) is 2.70. The number of phenols is 2. The van der Waals surface area contributed by atoms with Gasteiger partial charge in [-0.05, 0) is 54.1 Å². The summed E-state index contributed by atoms with van der Waals surface area (Å²) in [5, 5.41) is 21.3. The van der Waals surface area contributed by atoms with Crippen LogP contribution in [-0.2, 0) is 14.8 Å². The molecule has 148 valence electrons. The minimum Gasteiger partial charge on any atom is -0.504 e. The highest BCUT2D eigenvalue weighted by Crippen LogP contribution is 2.25. The second-order valence-corrected chi connectivity index (χ2v) is 7.46. The Balaban J connectivity index is 1.64. The third-order valence-corrected chi connectivity index (χ3v) is 4.99. The lowest BCUT2D eigenvalue weighted by Crippen LogP contribution is -2.15. The number of carbonyl (C=O) groups is 1. The summed E-state index contributed by atoms with van der Waals surface area (Å²) in [4.78, 5) is 19.6. The monoisotopic (exact) mass is 412 g/mol. The molecule has 0 radical (unpaired) electrons. The van der Waals surface area contributed by atoms with Crippen molar-refractivity contribution in [1.29, 1.82) is 0 Å². The van der Waals surface area contributed by atoms with Crippen LogP contribution in [-0.4, -0.2) is 34.5 Å². The largest absolute Gasteiger partial charge is 0.504 e. The summed E-state index contributed by atoms with van der Waals surface area (Å²) in [6.45, 7) is 0. The molecule has 10 heteroatoms. The van der Waals surface area contributed by atoms with E-state index < -0.39 is 15.9 Å². The molecule has 29 heavy (non-hydrogen) atoms. The number of aromatic nitrogens is 2. The topological polar surface area (TPSA) is 142 Å². The molecule has 0 fully saturated rings.